The van der Waals surface area contributed by atoms with Gasteiger partial charge >= 0.3 is 5.97 Å². The molecule has 0 bridgehead atoms. The van der Waals surface area contributed by atoms with Crippen molar-refractivity contribution in [1.82, 2.24) is 0 Å². The Bertz CT molecular complexity index is 147. The van der Waals surface area contributed by atoms with E-state index >= 15 is 0 Å². The summed E-state index contributed by atoms with van der Waals surface area (Å²) >= 11 is 2.36. The molecule has 1 aliphatic carbocycles. The average molecular weight is 268 g/mol. The second kappa shape index (κ2) is 4.28. The molecule has 2 atom stereocenters. The summed E-state index contributed by atoms with van der Waals surface area (Å²) in [6, 6.07) is 0. The summed E-state index contributed by atoms with van der Waals surface area (Å²) in [5.41, 5.74) is 0. The lowest BCUT2D eigenvalue weighted by molar-refractivity contribution is -0.147. The minimum absolute atomic E-state index is 0.133. The normalized spacial score (nSPS) is 30.4. The zero-order chi connectivity index (χ0) is 8.27. The highest BCUT2D eigenvalue weighted by molar-refractivity contribution is 14.1. The molecule has 0 aromatic rings. The second-order valence-corrected chi connectivity index (χ2v) is 3.87. The van der Waals surface area contributed by atoms with Crippen molar-refractivity contribution in [2.45, 2.75) is 32.3 Å². The third-order valence-electron chi connectivity index (χ3n) is 2.10. The van der Waals surface area contributed by atoms with Crippen LogP contribution in [0.3, 0.4) is 0 Å². The first-order valence-electron chi connectivity index (χ1n) is 3.97. The van der Waals surface area contributed by atoms with Gasteiger partial charge in [0.1, 0.15) is 6.10 Å². The highest BCUT2D eigenvalue weighted by atomic mass is 127. The van der Waals surface area contributed by atoms with Crippen LogP contribution in [-0.4, -0.2) is 16.5 Å². The van der Waals surface area contributed by atoms with Crippen molar-refractivity contribution in [3.8, 4) is 0 Å². The second-order valence-electron chi connectivity index (χ2n) is 2.99. The lowest BCUT2D eigenvalue weighted by Gasteiger charge is -2.16. The van der Waals surface area contributed by atoms with Crippen LogP contribution in [0.25, 0.3) is 0 Å². The van der Waals surface area contributed by atoms with Crippen LogP contribution in [0.1, 0.15) is 26.2 Å². The Hall–Kier alpha value is 0.200. The molecule has 3 heteroatoms. The quantitative estimate of drug-likeness (QED) is 0.436. The van der Waals surface area contributed by atoms with Crippen molar-refractivity contribution in [2.75, 3.05) is 4.43 Å². The van der Waals surface area contributed by atoms with Gasteiger partial charge in [0, 0.05) is 17.3 Å². The number of carbonyl (C=O) groups excluding carboxylic acids is 1. The molecular formula is C8H13IO2. The van der Waals surface area contributed by atoms with Crippen molar-refractivity contribution < 1.29 is 9.53 Å². The first kappa shape index (κ1) is 9.29. The van der Waals surface area contributed by atoms with Gasteiger partial charge in [-0.05, 0) is 19.3 Å². The lowest BCUT2D eigenvalue weighted by atomic mass is 10.1. The van der Waals surface area contributed by atoms with Crippen molar-refractivity contribution >= 4 is 28.6 Å². The van der Waals surface area contributed by atoms with E-state index in [9.17, 15) is 4.79 Å². The number of ether oxygens (including phenoxy) is 1. The smallest absolute Gasteiger partial charge is 0.302 e. The fourth-order valence-electron chi connectivity index (χ4n) is 1.55. The molecule has 1 saturated carbocycles. The van der Waals surface area contributed by atoms with E-state index < -0.39 is 0 Å². The highest BCUT2D eigenvalue weighted by Crippen LogP contribution is 2.29. The lowest BCUT2D eigenvalue weighted by Crippen LogP contribution is -2.21. The molecule has 0 heterocycles. The largest absolute Gasteiger partial charge is 0.462 e. The molecule has 1 fully saturated rings. The van der Waals surface area contributed by atoms with Gasteiger partial charge in [-0.25, -0.2) is 0 Å². The number of hydrogen-bond donors (Lipinski definition) is 0. The third-order valence-corrected chi connectivity index (χ3v) is 3.24. The first-order chi connectivity index (χ1) is 5.24. The van der Waals surface area contributed by atoms with E-state index in [0.29, 0.717) is 5.92 Å². The van der Waals surface area contributed by atoms with Crippen molar-refractivity contribution in [3.63, 3.8) is 0 Å². The molecule has 0 unspecified atom stereocenters. The summed E-state index contributed by atoms with van der Waals surface area (Å²) < 4.78 is 6.28. The van der Waals surface area contributed by atoms with Crippen LogP contribution < -0.4 is 0 Å². The van der Waals surface area contributed by atoms with Gasteiger partial charge in [-0.3, -0.25) is 4.79 Å². The minimum atomic E-state index is -0.133. The average Bonchev–Trinajstić information content (AvgIpc) is 2.34. The first-order valence-corrected chi connectivity index (χ1v) is 5.49. The number of carbonyl (C=O) groups is 1. The maximum Gasteiger partial charge on any atom is 0.302 e. The van der Waals surface area contributed by atoms with Gasteiger partial charge in [0.15, 0.2) is 0 Å². The number of rotatable bonds is 2. The fraction of sp³-hybridized carbons (Fsp3) is 0.875. The topological polar surface area (TPSA) is 26.3 Å². The molecule has 0 aliphatic heterocycles. The maximum absolute atomic E-state index is 10.6. The highest BCUT2D eigenvalue weighted by Gasteiger charge is 2.28. The van der Waals surface area contributed by atoms with Crippen LogP contribution in [-0.2, 0) is 9.53 Å². The Morgan fingerprint density at radius 1 is 1.64 bits per heavy atom. The minimum Gasteiger partial charge on any atom is -0.462 e. The molecule has 1 rings (SSSR count). The van der Waals surface area contributed by atoms with Crippen molar-refractivity contribution in [3.05, 3.63) is 0 Å². The van der Waals surface area contributed by atoms with E-state index in [0.717, 1.165) is 10.8 Å². The molecule has 0 saturated heterocycles. The molecular weight excluding hydrogens is 255 g/mol. The summed E-state index contributed by atoms with van der Waals surface area (Å²) in [5.74, 6) is 0.478. The standard InChI is InChI=1S/C8H13IO2/c1-6(10)11-8-4-2-3-7(8)5-9/h7-8H,2-5H2,1H3/t7-,8-/m1/s1. The fourth-order valence-corrected chi connectivity index (χ4v) is 2.56. The predicted molar refractivity (Wildman–Crippen MR) is 51.8 cm³/mol. The van der Waals surface area contributed by atoms with Crippen LogP contribution in [0.4, 0.5) is 0 Å². The van der Waals surface area contributed by atoms with E-state index in [1.54, 1.807) is 0 Å². The molecule has 0 amide bonds. The van der Waals surface area contributed by atoms with Crippen LogP contribution in [0, 0.1) is 5.92 Å². The van der Waals surface area contributed by atoms with E-state index in [-0.39, 0.29) is 12.1 Å². The molecule has 0 spiro atoms. The van der Waals surface area contributed by atoms with Crippen LogP contribution in [0.5, 0.6) is 0 Å². The number of halogens is 1. The Morgan fingerprint density at radius 2 is 2.36 bits per heavy atom. The van der Waals surface area contributed by atoms with Gasteiger partial charge < -0.3 is 4.74 Å². The summed E-state index contributed by atoms with van der Waals surface area (Å²) in [5, 5.41) is 0. The monoisotopic (exact) mass is 268 g/mol. The van der Waals surface area contributed by atoms with Gasteiger partial charge in [-0.2, -0.15) is 0 Å². The maximum atomic E-state index is 10.6. The number of hydrogen-bond acceptors (Lipinski definition) is 2. The zero-order valence-electron chi connectivity index (χ0n) is 6.68. The van der Waals surface area contributed by atoms with Crippen molar-refractivity contribution in [2.24, 2.45) is 5.92 Å². The molecule has 0 aromatic heterocycles. The number of alkyl halides is 1. The van der Waals surface area contributed by atoms with E-state index in [1.165, 1.54) is 19.8 Å². The summed E-state index contributed by atoms with van der Waals surface area (Å²) in [7, 11) is 0. The summed E-state index contributed by atoms with van der Waals surface area (Å²) in [6.45, 7) is 1.49. The van der Waals surface area contributed by atoms with Gasteiger partial charge in [0.2, 0.25) is 0 Å². The van der Waals surface area contributed by atoms with Gasteiger partial charge in [-0.1, -0.05) is 22.6 Å². The summed E-state index contributed by atoms with van der Waals surface area (Å²) in [4.78, 5) is 10.6. The zero-order valence-corrected chi connectivity index (χ0v) is 8.84. The molecule has 0 N–H and O–H groups in total. The summed E-state index contributed by atoms with van der Waals surface area (Å²) in [6.07, 6.45) is 3.71. The molecule has 11 heavy (non-hydrogen) atoms. The van der Waals surface area contributed by atoms with E-state index in [2.05, 4.69) is 22.6 Å². The molecule has 2 nitrogen and oxygen atoms in total. The van der Waals surface area contributed by atoms with E-state index in [1.807, 2.05) is 0 Å². The molecule has 0 radical (unpaired) electrons. The predicted octanol–water partition coefficient (Wildman–Crippen LogP) is 2.15. The molecule has 0 aromatic carbocycles. The van der Waals surface area contributed by atoms with Crippen molar-refractivity contribution in [1.29, 1.82) is 0 Å². The molecule has 1 aliphatic rings. The number of esters is 1. The van der Waals surface area contributed by atoms with Crippen LogP contribution >= 0.6 is 22.6 Å². The van der Waals surface area contributed by atoms with Gasteiger partial charge in [-0.15, -0.1) is 0 Å². The van der Waals surface area contributed by atoms with Crippen LogP contribution in [0.2, 0.25) is 0 Å². The Kier molecular flexibility index (Phi) is 3.62. The SMILES string of the molecule is CC(=O)O[C@@H]1CCC[C@@H]1CI. The van der Waals surface area contributed by atoms with Crippen LogP contribution in [0.15, 0.2) is 0 Å². The Balaban J connectivity index is 2.37. The van der Waals surface area contributed by atoms with E-state index in [4.69, 9.17) is 4.74 Å². The van der Waals surface area contributed by atoms with Gasteiger partial charge in [0.05, 0.1) is 0 Å². The molecule has 64 valence electrons. The Labute approximate surface area is 80.8 Å². The Morgan fingerprint density at radius 3 is 2.91 bits per heavy atom. The third kappa shape index (κ3) is 2.61. The van der Waals surface area contributed by atoms with Gasteiger partial charge in [0.25, 0.3) is 0 Å².